The van der Waals surface area contributed by atoms with Crippen LogP contribution in [-0.2, 0) is 13.0 Å². The molecule has 2 N–H and O–H groups in total. The minimum atomic E-state index is -0.392. The zero-order valence-electron chi connectivity index (χ0n) is 11.6. The van der Waals surface area contributed by atoms with Crippen LogP contribution in [0.5, 0.6) is 0 Å². The Balaban J connectivity index is 1.53. The average molecular weight is 336 g/mol. The molecule has 0 aromatic carbocycles. The Morgan fingerprint density at radius 1 is 1.41 bits per heavy atom. The number of anilines is 1. The number of amides is 2. The van der Waals surface area contributed by atoms with Gasteiger partial charge in [0.2, 0.25) is 11.0 Å². The summed E-state index contributed by atoms with van der Waals surface area (Å²) in [6, 6.07) is 3.50. The molecule has 3 aromatic rings. The molecule has 0 saturated carbocycles. The molecule has 2 amide bonds. The van der Waals surface area contributed by atoms with Crippen LogP contribution in [0.25, 0.3) is 9.88 Å². The first kappa shape index (κ1) is 14.6. The second-order valence-electron chi connectivity index (χ2n) is 4.16. The molecule has 0 aliphatic carbocycles. The highest BCUT2D eigenvalue weighted by Gasteiger charge is 2.11. The molecule has 0 bridgehead atoms. The van der Waals surface area contributed by atoms with Crippen molar-refractivity contribution in [2.75, 3.05) is 5.32 Å². The van der Waals surface area contributed by atoms with Gasteiger partial charge in [-0.3, -0.25) is 5.32 Å². The quantitative estimate of drug-likeness (QED) is 0.741. The minimum absolute atomic E-state index is 0.186. The van der Waals surface area contributed by atoms with E-state index in [1.165, 1.54) is 11.3 Å². The zero-order valence-corrected chi connectivity index (χ0v) is 13.2. The predicted octanol–water partition coefficient (Wildman–Crippen LogP) is 2.53. The van der Waals surface area contributed by atoms with Crippen LogP contribution in [0, 0.1) is 0 Å². The Labute approximate surface area is 133 Å². The fourth-order valence-electron chi connectivity index (χ4n) is 1.58. The first-order chi connectivity index (χ1) is 10.7. The monoisotopic (exact) mass is 336 g/mol. The van der Waals surface area contributed by atoms with Gasteiger partial charge in [-0.15, -0.1) is 21.5 Å². The highest BCUT2D eigenvalue weighted by atomic mass is 32.1. The Morgan fingerprint density at radius 2 is 2.32 bits per heavy atom. The van der Waals surface area contributed by atoms with Crippen LogP contribution in [0.4, 0.5) is 9.93 Å². The van der Waals surface area contributed by atoms with Crippen LogP contribution in [0.3, 0.4) is 0 Å². The van der Waals surface area contributed by atoms with Crippen molar-refractivity contribution in [3.63, 3.8) is 0 Å². The smallest absolute Gasteiger partial charge is 0.321 e. The fourth-order valence-corrected chi connectivity index (χ4v) is 3.11. The van der Waals surface area contributed by atoms with Crippen molar-refractivity contribution in [1.82, 2.24) is 25.7 Å². The first-order valence-electron chi connectivity index (χ1n) is 6.48. The predicted molar refractivity (Wildman–Crippen MR) is 82.8 cm³/mol. The summed E-state index contributed by atoms with van der Waals surface area (Å²) in [4.78, 5) is 16.9. The maximum atomic E-state index is 11.8. The molecule has 3 heterocycles. The van der Waals surface area contributed by atoms with Gasteiger partial charge in [0.1, 0.15) is 0 Å². The summed E-state index contributed by atoms with van der Waals surface area (Å²) < 4.78 is 4.96. The largest absolute Gasteiger partial charge is 0.339 e. The lowest BCUT2D eigenvalue weighted by Gasteiger charge is -2.01. The number of rotatable bonds is 5. The molecule has 0 atom stereocenters. The van der Waals surface area contributed by atoms with Crippen molar-refractivity contribution in [3.8, 4) is 9.88 Å². The van der Waals surface area contributed by atoms with Gasteiger partial charge in [-0.05, 0) is 11.4 Å². The summed E-state index contributed by atoms with van der Waals surface area (Å²) in [6.07, 6.45) is 0.662. The maximum absolute atomic E-state index is 11.8. The number of carbonyl (C=O) groups excluding carboxylic acids is 1. The molecule has 22 heavy (non-hydrogen) atoms. The summed E-state index contributed by atoms with van der Waals surface area (Å²) in [7, 11) is 0. The Bertz CT molecular complexity index is 751. The van der Waals surface area contributed by atoms with Crippen LogP contribution >= 0.6 is 22.7 Å². The molecule has 0 radical (unpaired) electrons. The van der Waals surface area contributed by atoms with Gasteiger partial charge >= 0.3 is 6.03 Å². The number of hydrogen-bond acceptors (Lipinski definition) is 8. The number of aryl methyl sites for hydroxylation is 1. The minimum Gasteiger partial charge on any atom is -0.339 e. The highest BCUT2D eigenvalue weighted by Crippen LogP contribution is 2.29. The highest BCUT2D eigenvalue weighted by molar-refractivity contribution is 7.23. The Kier molecular flexibility index (Phi) is 4.39. The maximum Gasteiger partial charge on any atom is 0.321 e. The van der Waals surface area contributed by atoms with Crippen LogP contribution < -0.4 is 10.6 Å². The van der Waals surface area contributed by atoms with E-state index in [-0.39, 0.29) is 6.54 Å². The van der Waals surface area contributed by atoms with Gasteiger partial charge in [0, 0.05) is 6.42 Å². The molecule has 0 fully saturated rings. The van der Waals surface area contributed by atoms with E-state index in [9.17, 15) is 4.79 Å². The number of nitrogens with zero attached hydrogens (tertiary/aromatic N) is 4. The fraction of sp³-hybridized carbons (Fsp3) is 0.250. The van der Waals surface area contributed by atoms with Crippen molar-refractivity contribution in [2.45, 2.75) is 19.9 Å². The van der Waals surface area contributed by atoms with E-state index in [2.05, 4.69) is 31.0 Å². The van der Waals surface area contributed by atoms with Crippen molar-refractivity contribution < 1.29 is 9.32 Å². The van der Waals surface area contributed by atoms with Crippen LogP contribution in [0.1, 0.15) is 18.6 Å². The molecule has 10 heteroatoms. The topological polar surface area (TPSA) is 106 Å². The van der Waals surface area contributed by atoms with E-state index in [0.717, 1.165) is 9.88 Å². The van der Waals surface area contributed by atoms with Gasteiger partial charge in [-0.25, -0.2) is 4.79 Å². The average Bonchev–Trinajstić information content (AvgIpc) is 3.25. The van der Waals surface area contributed by atoms with Gasteiger partial charge in [0.15, 0.2) is 10.8 Å². The summed E-state index contributed by atoms with van der Waals surface area (Å²) in [5.74, 6) is 0.977. The second-order valence-corrected chi connectivity index (χ2v) is 6.08. The SMILES string of the molecule is CCc1nc(CNC(=O)Nc2nnc(-c3cccs3)s2)no1. The van der Waals surface area contributed by atoms with Crippen molar-refractivity contribution in [3.05, 3.63) is 29.2 Å². The summed E-state index contributed by atoms with van der Waals surface area (Å²) in [6.45, 7) is 2.10. The van der Waals surface area contributed by atoms with E-state index in [4.69, 9.17) is 4.52 Å². The second kappa shape index (κ2) is 6.62. The number of urea groups is 1. The number of aromatic nitrogens is 4. The van der Waals surface area contributed by atoms with Gasteiger partial charge in [-0.1, -0.05) is 29.5 Å². The van der Waals surface area contributed by atoms with Crippen LogP contribution in [0.15, 0.2) is 22.0 Å². The third kappa shape index (κ3) is 3.46. The van der Waals surface area contributed by atoms with E-state index >= 15 is 0 Å². The van der Waals surface area contributed by atoms with Gasteiger partial charge in [0.25, 0.3) is 0 Å². The summed E-state index contributed by atoms with van der Waals surface area (Å²) in [5.41, 5.74) is 0. The third-order valence-corrected chi connectivity index (χ3v) is 4.47. The van der Waals surface area contributed by atoms with E-state index in [1.807, 2.05) is 24.4 Å². The van der Waals surface area contributed by atoms with Gasteiger partial charge in [-0.2, -0.15) is 4.98 Å². The number of nitrogens with one attached hydrogen (secondary N) is 2. The molecule has 3 rings (SSSR count). The lowest BCUT2D eigenvalue weighted by molar-refractivity contribution is 0.251. The molecule has 114 valence electrons. The number of carbonyl (C=O) groups is 1. The number of thiophene rings is 1. The molecule has 0 saturated heterocycles. The Hall–Kier alpha value is -2.33. The van der Waals surface area contributed by atoms with Crippen molar-refractivity contribution in [1.29, 1.82) is 0 Å². The van der Waals surface area contributed by atoms with E-state index in [1.54, 1.807) is 11.3 Å². The van der Waals surface area contributed by atoms with E-state index in [0.29, 0.717) is 23.3 Å². The molecule has 3 aromatic heterocycles. The van der Waals surface area contributed by atoms with Crippen LogP contribution in [-0.4, -0.2) is 26.4 Å². The standard InChI is InChI=1S/C12H12N6O2S2/c1-2-9-14-8(18-20-9)6-13-11(19)15-12-17-16-10(22-12)7-4-3-5-21-7/h3-5H,2,6H2,1H3,(H2,13,15,17,19). The van der Waals surface area contributed by atoms with Gasteiger partial charge in [0.05, 0.1) is 11.4 Å². The Morgan fingerprint density at radius 3 is 3.05 bits per heavy atom. The normalized spacial score (nSPS) is 10.6. The third-order valence-electron chi connectivity index (χ3n) is 2.60. The molecule has 8 nitrogen and oxygen atoms in total. The molecule has 0 aliphatic rings. The molecule has 0 unspecified atom stereocenters. The van der Waals surface area contributed by atoms with Gasteiger partial charge < -0.3 is 9.84 Å². The first-order valence-corrected chi connectivity index (χ1v) is 8.18. The van der Waals surface area contributed by atoms with Crippen molar-refractivity contribution in [2.24, 2.45) is 0 Å². The molecule has 0 aliphatic heterocycles. The zero-order chi connectivity index (χ0) is 15.4. The molecular weight excluding hydrogens is 324 g/mol. The number of hydrogen-bond donors (Lipinski definition) is 2. The summed E-state index contributed by atoms with van der Waals surface area (Å²) >= 11 is 2.89. The molecular formula is C12H12N6O2S2. The van der Waals surface area contributed by atoms with E-state index < -0.39 is 6.03 Å². The van der Waals surface area contributed by atoms with Crippen molar-refractivity contribution >= 4 is 33.8 Å². The summed E-state index contributed by atoms with van der Waals surface area (Å²) in [5, 5.41) is 20.2. The lowest BCUT2D eigenvalue weighted by atomic mass is 10.5. The van der Waals surface area contributed by atoms with Crippen LogP contribution in [0.2, 0.25) is 0 Å². The molecule has 0 spiro atoms. The lowest BCUT2D eigenvalue weighted by Crippen LogP contribution is -2.28.